The largest absolute Gasteiger partial charge is 0.458 e. The highest BCUT2D eigenvalue weighted by Gasteiger charge is 2.32. The lowest BCUT2D eigenvalue weighted by Gasteiger charge is -2.31. The second-order valence-corrected chi connectivity index (χ2v) is 6.31. The van der Waals surface area contributed by atoms with E-state index in [4.69, 9.17) is 20.8 Å². The molecule has 2 unspecified atom stereocenters. The summed E-state index contributed by atoms with van der Waals surface area (Å²) in [7, 11) is 1.67. The van der Waals surface area contributed by atoms with E-state index in [1.165, 1.54) is 19.3 Å². The molecule has 1 aromatic carbocycles. The summed E-state index contributed by atoms with van der Waals surface area (Å²) in [6, 6.07) is 7.33. The molecule has 2 aromatic rings. The minimum Gasteiger partial charge on any atom is -0.458 e. The monoisotopic (exact) mass is 308 g/mol. The van der Waals surface area contributed by atoms with Crippen LogP contribution in [-0.4, -0.2) is 18.3 Å². The van der Waals surface area contributed by atoms with Gasteiger partial charge in [0, 0.05) is 17.5 Å². The van der Waals surface area contributed by atoms with Crippen molar-refractivity contribution in [3.63, 3.8) is 0 Å². The molecule has 0 saturated heterocycles. The molecular formula is C17H21ClO3. The van der Waals surface area contributed by atoms with E-state index < -0.39 is 6.10 Å². The molecule has 0 bridgehead atoms. The van der Waals surface area contributed by atoms with E-state index >= 15 is 0 Å². The molecule has 3 nitrogen and oxygen atoms in total. The van der Waals surface area contributed by atoms with Crippen molar-refractivity contribution >= 4 is 22.6 Å². The fourth-order valence-electron chi connectivity index (χ4n) is 3.38. The van der Waals surface area contributed by atoms with Gasteiger partial charge in [0.15, 0.2) is 0 Å². The Balaban J connectivity index is 1.84. The van der Waals surface area contributed by atoms with Gasteiger partial charge in [-0.1, -0.05) is 30.9 Å². The Hall–Kier alpha value is -1.03. The molecule has 0 aliphatic heterocycles. The highest BCUT2D eigenvalue weighted by molar-refractivity contribution is 6.31. The lowest BCUT2D eigenvalue weighted by Crippen LogP contribution is -2.31. The number of ether oxygens (including phenoxy) is 1. The Morgan fingerprint density at radius 1 is 1.24 bits per heavy atom. The van der Waals surface area contributed by atoms with Crippen LogP contribution in [0.1, 0.15) is 44.0 Å². The maximum Gasteiger partial charge on any atom is 0.138 e. The van der Waals surface area contributed by atoms with Crippen molar-refractivity contribution in [1.29, 1.82) is 0 Å². The molecule has 1 aromatic heterocycles. The second-order valence-electron chi connectivity index (χ2n) is 5.87. The fourth-order valence-corrected chi connectivity index (χ4v) is 3.56. The Labute approximate surface area is 129 Å². The van der Waals surface area contributed by atoms with E-state index in [2.05, 4.69) is 0 Å². The average molecular weight is 309 g/mol. The van der Waals surface area contributed by atoms with Gasteiger partial charge in [0.2, 0.25) is 0 Å². The summed E-state index contributed by atoms with van der Waals surface area (Å²) >= 11 is 5.99. The normalized spacial score (nSPS) is 19.8. The number of methoxy groups -OCH3 is 1. The average Bonchev–Trinajstić information content (AvgIpc) is 2.92. The summed E-state index contributed by atoms with van der Waals surface area (Å²) in [6.07, 6.45) is 5.00. The summed E-state index contributed by atoms with van der Waals surface area (Å²) in [4.78, 5) is 0. The molecule has 4 heteroatoms. The maximum atomic E-state index is 10.7. The minimum atomic E-state index is -0.732. The van der Waals surface area contributed by atoms with E-state index in [0.29, 0.717) is 16.7 Å². The third kappa shape index (κ3) is 3.10. The van der Waals surface area contributed by atoms with Crippen molar-refractivity contribution < 1.29 is 14.3 Å². The lowest BCUT2D eigenvalue weighted by molar-refractivity contribution is -0.0632. The van der Waals surface area contributed by atoms with E-state index in [9.17, 15) is 5.11 Å². The number of benzene rings is 1. The van der Waals surface area contributed by atoms with Crippen LogP contribution in [0.15, 0.2) is 28.7 Å². The zero-order valence-electron chi connectivity index (χ0n) is 12.2. The van der Waals surface area contributed by atoms with E-state index in [1.54, 1.807) is 13.2 Å². The van der Waals surface area contributed by atoms with Gasteiger partial charge >= 0.3 is 0 Å². The zero-order chi connectivity index (χ0) is 14.8. The molecule has 1 aliphatic rings. The van der Waals surface area contributed by atoms with Gasteiger partial charge in [0.1, 0.15) is 17.4 Å². The number of aliphatic hydroxyl groups excluding tert-OH is 1. The number of hydrogen-bond donors (Lipinski definition) is 1. The van der Waals surface area contributed by atoms with Crippen molar-refractivity contribution in [3.05, 3.63) is 35.0 Å². The molecule has 114 valence electrons. The van der Waals surface area contributed by atoms with Crippen LogP contribution in [0.4, 0.5) is 0 Å². The standard InChI is InChI=1S/C17H21ClO3/c1-20-17(11-5-3-2-4-6-11)16(19)15-10-12-9-13(18)7-8-14(12)21-15/h7-11,16-17,19H,2-6H2,1H3. The van der Waals surface area contributed by atoms with Crippen LogP contribution < -0.4 is 0 Å². The molecule has 1 N–H and O–H groups in total. The van der Waals surface area contributed by atoms with Gasteiger partial charge in [-0.3, -0.25) is 0 Å². The minimum absolute atomic E-state index is 0.207. The van der Waals surface area contributed by atoms with Gasteiger partial charge in [0.05, 0.1) is 6.10 Å². The highest BCUT2D eigenvalue weighted by Crippen LogP contribution is 2.36. The molecule has 0 spiro atoms. The van der Waals surface area contributed by atoms with Crippen LogP contribution >= 0.6 is 11.6 Å². The Bertz CT molecular complexity index is 601. The predicted octanol–water partition coefficient (Wildman–Crippen LogP) is 4.71. The number of furan rings is 1. The topological polar surface area (TPSA) is 42.6 Å². The van der Waals surface area contributed by atoms with Crippen LogP contribution in [0, 0.1) is 5.92 Å². The molecule has 0 amide bonds. The van der Waals surface area contributed by atoms with Crippen LogP contribution in [-0.2, 0) is 4.74 Å². The third-order valence-corrected chi connectivity index (χ3v) is 4.72. The molecule has 0 radical (unpaired) electrons. The third-order valence-electron chi connectivity index (χ3n) is 4.49. The van der Waals surface area contributed by atoms with E-state index in [-0.39, 0.29) is 6.10 Å². The Kier molecular flexibility index (Phi) is 4.53. The molecule has 1 aliphatic carbocycles. The first-order valence-electron chi connectivity index (χ1n) is 7.59. The van der Waals surface area contributed by atoms with Gasteiger partial charge in [-0.25, -0.2) is 0 Å². The molecule has 1 heterocycles. The van der Waals surface area contributed by atoms with Gasteiger partial charge in [0.25, 0.3) is 0 Å². The van der Waals surface area contributed by atoms with Gasteiger partial charge in [-0.15, -0.1) is 0 Å². The second kappa shape index (κ2) is 6.39. The zero-order valence-corrected chi connectivity index (χ0v) is 13.0. The Morgan fingerprint density at radius 2 is 2.00 bits per heavy atom. The summed E-state index contributed by atoms with van der Waals surface area (Å²) in [6.45, 7) is 0. The number of halogens is 1. The molecule has 2 atom stereocenters. The van der Waals surface area contributed by atoms with Crippen LogP contribution in [0.5, 0.6) is 0 Å². The number of aliphatic hydroxyl groups is 1. The molecule has 3 rings (SSSR count). The number of rotatable bonds is 4. The summed E-state index contributed by atoms with van der Waals surface area (Å²) in [5.74, 6) is 0.959. The Morgan fingerprint density at radius 3 is 2.71 bits per heavy atom. The quantitative estimate of drug-likeness (QED) is 0.889. The van der Waals surface area contributed by atoms with Gasteiger partial charge < -0.3 is 14.3 Å². The van der Waals surface area contributed by atoms with Crippen LogP contribution in [0.25, 0.3) is 11.0 Å². The highest BCUT2D eigenvalue weighted by atomic mass is 35.5. The van der Waals surface area contributed by atoms with Crippen molar-refractivity contribution in [1.82, 2.24) is 0 Å². The maximum absolute atomic E-state index is 10.7. The van der Waals surface area contributed by atoms with E-state index in [1.807, 2.05) is 18.2 Å². The number of hydrogen-bond acceptors (Lipinski definition) is 3. The first-order valence-corrected chi connectivity index (χ1v) is 7.96. The van der Waals surface area contributed by atoms with Crippen molar-refractivity contribution in [2.24, 2.45) is 5.92 Å². The van der Waals surface area contributed by atoms with Crippen molar-refractivity contribution in [2.75, 3.05) is 7.11 Å². The first-order chi connectivity index (χ1) is 10.2. The van der Waals surface area contributed by atoms with Crippen molar-refractivity contribution in [3.8, 4) is 0 Å². The van der Waals surface area contributed by atoms with Crippen LogP contribution in [0.2, 0.25) is 5.02 Å². The van der Waals surface area contributed by atoms with Crippen molar-refractivity contribution in [2.45, 2.75) is 44.3 Å². The SMILES string of the molecule is COC(C1CCCCC1)C(O)c1cc2cc(Cl)ccc2o1. The summed E-state index contributed by atoms with van der Waals surface area (Å²) in [5, 5.41) is 12.2. The lowest BCUT2D eigenvalue weighted by atomic mass is 9.83. The van der Waals surface area contributed by atoms with Crippen LogP contribution in [0.3, 0.4) is 0 Å². The molecule has 1 saturated carbocycles. The fraction of sp³-hybridized carbons (Fsp3) is 0.529. The summed E-state index contributed by atoms with van der Waals surface area (Å²) < 4.78 is 11.4. The molecular weight excluding hydrogens is 288 g/mol. The first kappa shape index (κ1) is 14.9. The van der Waals surface area contributed by atoms with Gasteiger partial charge in [-0.2, -0.15) is 0 Å². The summed E-state index contributed by atoms with van der Waals surface area (Å²) in [5.41, 5.74) is 0.743. The number of fused-ring (bicyclic) bond motifs is 1. The molecule has 21 heavy (non-hydrogen) atoms. The van der Waals surface area contributed by atoms with Gasteiger partial charge in [-0.05, 0) is 43.0 Å². The predicted molar refractivity (Wildman–Crippen MR) is 83.6 cm³/mol. The smallest absolute Gasteiger partial charge is 0.138 e. The van der Waals surface area contributed by atoms with E-state index in [0.717, 1.165) is 23.8 Å². The molecule has 1 fully saturated rings.